The van der Waals surface area contributed by atoms with E-state index >= 15 is 0 Å². The summed E-state index contributed by atoms with van der Waals surface area (Å²) >= 11 is 1.14. The number of nitrogens with zero attached hydrogens (tertiary/aromatic N) is 6. The number of aliphatic imine (C=N–C) groups is 1. The number of aromatic nitrogens is 3. The summed E-state index contributed by atoms with van der Waals surface area (Å²) < 4.78 is 40.7. The predicted molar refractivity (Wildman–Crippen MR) is 162 cm³/mol. The van der Waals surface area contributed by atoms with Gasteiger partial charge in [-0.05, 0) is 45.5 Å². The van der Waals surface area contributed by atoms with Crippen LogP contribution in [0.5, 0.6) is 11.6 Å². The second kappa shape index (κ2) is 12.3. The van der Waals surface area contributed by atoms with E-state index in [0.29, 0.717) is 47.1 Å². The fourth-order valence-corrected chi connectivity index (χ4v) is 7.54. The van der Waals surface area contributed by atoms with Gasteiger partial charge >= 0.3 is 0 Å². The van der Waals surface area contributed by atoms with Crippen LogP contribution in [0.3, 0.4) is 0 Å². The Labute approximate surface area is 243 Å². The molecule has 5 heterocycles. The number of rotatable bonds is 11. The van der Waals surface area contributed by atoms with E-state index in [-0.39, 0.29) is 28.0 Å². The lowest BCUT2D eigenvalue weighted by molar-refractivity contribution is 0.129. The number of piperazine rings is 1. The second-order valence-electron chi connectivity index (χ2n) is 10.2. The summed E-state index contributed by atoms with van der Waals surface area (Å²) in [7, 11) is -0.136. The standard InChI is InChI=1S/C27H35N7O5S2/c1-5-28-18(2)40-17-41(36,37)31-23-10-20(12-30-26(23)38-4)19-6-7-25-29-13-24(27(35)34(25)14-19)39-9-8-33-16-21-11-22(33)15-32(21)3/h6-7,10,12-14,21-22,31H,5,8-9,11,15-17H2,1-4H3. The highest BCUT2D eigenvalue weighted by molar-refractivity contribution is 8.22. The van der Waals surface area contributed by atoms with Crippen LogP contribution in [0.25, 0.3) is 16.8 Å². The van der Waals surface area contributed by atoms with Crippen molar-refractivity contribution in [1.82, 2.24) is 24.2 Å². The van der Waals surface area contributed by atoms with Gasteiger partial charge in [0.05, 0.1) is 18.4 Å². The molecule has 0 saturated carbocycles. The number of pyridine rings is 2. The smallest absolute Gasteiger partial charge is 0.300 e. The molecule has 0 aliphatic carbocycles. The molecule has 2 atom stereocenters. The van der Waals surface area contributed by atoms with Crippen LogP contribution >= 0.6 is 11.8 Å². The first-order chi connectivity index (χ1) is 19.7. The van der Waals surface area contributed by atoms with Crippen LogP contribution in [0, 0.1) is 0 Å². The lowest BCUT2D eigenvalue weighted by atomic mass is 10.1. The Kier molecular flexibility index (Phi) is 8.82. The highest BCUT2D eigenvalue weighted by Gasteiger charge is 2.40. The van der Waals surface area contributed by atoms with Gasteiger partial charge in [0.15, 0.2) is 0 Å². The summed E-state index contributed by atoms with van der Waals surface area (Å²) in [4.78, 5) is 31.0. The summed E-state index contributed by atoms with van der Waals surface area (Å²) in [6.07, 6.45) is 5.86. The number of likely N-dealkylation sites (tertiary alicyclic amines) is 2. The molecule has 14 heteroatoms. The zero-order valence-corrected chi connectivity index (χ0v) is 25.2. The van der Waals surface area contributed by atoms with Gasteiger partial charge in [0, 0.05) is 61.8 Å². The minimum Gasteiger partial charge on any atom is -0.485 e. The Morgan fingerprint density at radius 2 is 2.02 bits per heavy atom. The van der Waals surface area contributed by atoms with Crippen LogP contribution in [0.1, 0.15) is 20.3 Å². The predicted octanol–water partition coefficient (Wildman–Crippen LogP) is 2.40. The number of hydrogen-bond acceptors (Lipinski definition) is 11. The fraction of sp³-hybridized carbons (Fsp3) is 0.481. The first-order valence-corrected chi connectivity index (χ1v) is 16.1. The highest BCUT2D eigenvalue weighted by Crippen LogP contribution is 2.30. The van der Waals surface area contributed by atoms with Crippen molar-refractivity contribution in [2.75, 3.05) is 56.8 Å². The van der Waals surface area contributed by atoms with Crippen molar-refractivity contribution in [3.63, 3.8) is 0 Å². The van der Waals surface area contributed by atoms with Gasteiger partial charge in [0.2, 0.25) is 21.7 Å². The molecule has 3 aromatic rings. The molecule has 2 aliphatic rings. The molecule has 1 N–H and O–H groups in total. The van der Waals surface area contributed by atoms with Gasteiger partial charge in [-0.1, -0.05) is 11.8 Å². The van der Waals surface area contributed by atoms with Crippen LogP contribution in [-0.2, 0) is 10.0 Å². The van der Waals surface area contributed by atoms with Crippen molar-refractivity contribution < 1.29 is 17.9 Å². The van der Waals surface area contributed by atoms with Crippen LogP contribution in [0.4, 0.5) is 5.69 Å². The maximum absolute atomic E-state index is 13.3. The normalized spacial score (nSPS) is 19.7. The molecule has 2 bridgehead atoms. The minimum atomic E-state index is -3.72. The second-order valence-corrected chi connectivity index (χ2v) is 13.4. The molecule has 41 heavy (non-hydrogen) atoms. The lowest BCUT2D eigenvalue weighted by Gasteiger charge is -2.31. The van der Waals surface area contributed by atoms with Crippen LogP contribution in [-0.4, -0.2) is 102 Å². The maximum Gasteiger partial charge on any atom is 0.300 e. The third kappa shape index (κ3) is 6.66. The zero-order valence-electron chi connectivity index (χ0n) is 23.6. The van der Waals surface area contributed by atoms with Gasteiger partial charge in [-0.15, -0.1) is 0 Å². The van der Waals surface area contributed by atoms with Crippen LogP contribution < -0.4 is 19.8 Å². The number of anilines is 1. The van der Waals surface area contributed by atoms with E-state index in [1.165, 1.54) is 24.1 Å². The molecule has 0 amide bonds. The molecule has 2 fully saturated rings. The summed E-state index contributed by atoms with van der Waals surface area (Å²) in [5.74, 6) is 0.316. The van der Waals surface area contributed by atoms with Gasteiger partial charge in [0.25, 0.3) is 5.56 Å². The number of thioether (sulfide) groups is 1. The van der Waals surface area contributed by atoms with Gasteiger partial charge in [-0.3, -0.25) is 23.8 Å². The average molecular weight is 602 g/mol. The van der Waals surface area contributed by atoms with Crippen molar-refractivity contribution in [3.8, 4) is 22.8 Å². The molecule has 220 valence electrons. The Morgan fingerprint density at radius 3 is 2.73 bits per heavy atom. The van der Waals surface area contributed by atoms with Crippen LogP contribution in [0.15, 0.2) is 46.6 Å². The molecule has 0 aromatic carbocycles. The molecule has 0 radical (unpaired) electrons. The monoisotopic (exact) mass is 601 g/mol. The van der Waals surface area contributed by atoms with E-state index in [1.807, 2.05) is 6.92 Å². The van der Waals surface area contributed by atoms with Crippen molar-refractivity contribution in [3.05, 3.63) is 47.1 Å². The van der Waals surface area contributed by atoms with E-state index in [0.717, 1.165) is 31.4 Å². The largest absolute Gasteiger partial charge is 0.485 e. The Bertz CT molecular complexity index is 1610. The third-order valence-corrected chi connectivity index (χ3v) is 10.2. The minimum absolute atomic E-state index is 0.134. The summed E-state index contributed by atoms with van der Waals surface area (Å²) in [6, 6.07) is 6.31. The summed E-state index contributed by atoms with van der Waals surface area (Å²) in [6.45, 7) is 7.52. The van der Waals surface area contributed by atoms with Crippen molar-refractivity contribution in [1.29, 1.82) is 0 Å². The number of hydrogen-bond donors (Lipinski definition) is 1. The SMILES string of the molecule is CCN=C(C)SCS(=O)(=O)Nc1cc(-c2ccc3ncc(OCCN4CC5CC4CN5C)c(=O)n3c2)cnc1OC. The maximum atomic E-state index is 13.3. The Balaban J connectivity index is 1.33. The molecule has 2 aliphatic heterocycles. The van der Waals surface area contributed by atoms with E-state index in [2.05, 4.69) is 36.5 Å². The third-order valence-electron chi connectivity index (χ3n) is 7.38. The summed E-state index contributed by atoms with van der Waals surface area (Å²) in [5.41, 5.74) is 1.58. The molecule has 12 nitrogen and oxygen atoms in total. The molecule has 2 unspecified atom stereocenters. The van der Waals surface area contributed by atoms with Crippen molar-refractivity contribution in [2.24, 2.45) is 4.99 Å². The fourth-order valence-electron chi connectivity index (χ4n) is 5.30. The first-order valence-electron chi connectivity index (χ1n) is 13.4. The molecule has 0 spiro atoms. The Hall–Kier alpha value is -3.20. The van der Waals surface area contributed by atoms with Crippen molar-refractivity contribution in [2.45, 2.75) is 32.4 Å². The topological polar surface area (TPSA) is 131 Å². The van der Waals surface area contributed by atoms with Gasteiger partial charge in [0.1, 0.15) is 23.0 Å². The molecule has 3 aromatic heterocycles. The van der Waals surface area contributed by atoms with Crippen LogP contribution in [0.2, 0.25) is 0 Å². The zero-order chi connectivity index (χ0) is 29.1. The van der Waals surface area contributed by atoms with E-state index in [1.54, 1.807) is 37.5 Å². The van der Waals surface area contributed by atoms with E-state index in [4.69, 9.17) is 9.47 Å². The molecule has 2 saturated heterocycles. The van der Waals surface area contributed by atoms with E-state index < -0.39 is 10.0 Å². The highest BCUT2D eigenvalue weighted by atomic mass is 32.3. The van der Waals surface area contributed by atoms with Gasteiger partial charge in [-0.2, -0.15) is 0 Å². The number of sulfonamides is 1. The number of likely N-dealkylation sites (N-methyl/N-ethyl adjacent to an activating group) is 1. The number of nitrogens with one attached hydrogen (secondary N) is 1. The average Bonchev–Trinajstić information content (AvgIpc) is 3.52. The lowest BCUT2D eigenvalue weighted by Crippen LogP contribution is -2.45. The number of methoxy groups -OCH3 is 1. The molecular formula is C27H35N7O5S2. The molecular weight excluding hydrogens is 566 g/mol. The number of fused-ring (bicyclic) bond motifs is 3. The Morgan fingerprint density at radius 1 is 1.20 bits per heavy atom. The molecule has 5 rings (SSSR count). The van der Waals surface area contributed by atoms with Gasteiger partial charge < -0.3 is 14.4 Å². The first kappa shape index (κ1) is 29.3. The van der Waals surface area contributed by atoms with Crippen molar-refractivity contribution >= 4 is 38.2 Å². The quantitative estimate of drug-likeness (QED) is 0.258. The van der Waals surface area contributed by atoms with Gasteiger partial charge in [-0.25, -0.2) is 18.4 Å². The summed E-state index contributed by atoms with van der Waals surface area (Å²) in [5, 5.41) is 0.483. The number of ether oxygens (including phenoxy) is 2. The van der Waals surface area contributed by atoms with E-state index in [9.17, 15) is 13.2 Å².